The topological polar surface area (TPSA) is 49.4 Å². The Kier molecular flexibility index (Phi) is 3.84. The molecule has 17 heavy (non-hydrogen) atoms. The molecule has 0 aromatic heterocycles. The van der Waals surface area contributed by atoms with Crippen molar-refractivity contribution in [2.45, 2.75) is 33.2 Å². The fourth-order valence-corrected chi connectivity index (χ4v) is 2.76. The Morgan fingerprint density at radius 2 is 1.59 bits per heavy atom. The molecular formula is C12H20N2O2S. The van der Waals surface area contributed by atoms with Gasteiger partial charge in [0.05, 0.1) is 11.9 Å². The van der Waals surface area contributed by atoms with E-state index in [0.717, 1.165) is 11.3 Å². The third-order valence-electron chi connectivity index (χ3n) is 2.22. The minimum Gasteiger partial charge on any atom is -0.305 e. The Labute approximate surface area is 104 Å². The van der Waals surface area contributed by atoms with Gasteiger partial charge in [0.1, 0.15) is 0 Å². The standard InChI is InChI=1S/C12H20N2O2S/c1-10-6-8-11(9-7-10)13-14(12(2,3)4)17(5,15)16/h6-9,13H,1-5H3. The van der Waals surface area contributed by atoms with Crippen molar-refractivity contribution in [1.29, 1.82) is 0 Å². The van der Waals surface area contributed by atoms with E-state index in [1.165, 1.54) is 10.7 Å². The zero-order valence-corrected chi connectivity index (χ0v) is 11.8. The average Bonchev–Trinajstić information content (AvgIpc) is 2.13. The van der Waals surface area contributed by atoms with Crippen LogP contribution in [0.5, 0.6) is 0 Å². The first-order valence-corrected chi connectivity index (χ1v) is 7.29. The largest absolute Gasteiger partial charge is 0.305 e. The molecule has 0 saturated heterocycles. The summed E-state index contributed by atoms with van der Waals surface area (Å²) in [5, 5.41) is 0. The number of aryl methyl sites for hydroxylation is 1. The fourth-order valence-electron chi connectivity index (χ4n) is 1.49. The second kappa shape index (κ2) is 4.66. The minimum absolute atomic E-state index is 0.515. The van der Waals surface area contributed by atoms with Crippen LogP contribution >= 0.6 is 0 Å². The second-order valence-corrected chi connectivity index (χ2v) is 7.01. The Hall–Kier alpha value is -1.07. The molecule has 0 unspecified atom stereocenters. The first-order chi connectivity index (χ1) is 7.60. The number of rotatable bonds is 3. The maximum absolute atomic E-state index is 11.7. The molecule has 4 nitrogen and oxygen atoms in total. The van der Waals surface area contributed by atoms with E-state index in [0.29, 0.717) is 0 Å². The van der Waals surface area contributed by atoms with Crippen LogP contribution in [0.15, 0.2) is 24.3 Å². The maximum Gasteiger partial charge on any atom is 0.228 e. The van der Waals surface area contributed by atoms with Gasteiger partial charge in [-0.1, -0.05) is 17.7 Å². The molecule has 5 heteroatoms. The minimum atomic E-state index is -3.31. The molecule has 0 fully saturated rings. The van der Waals surface area contributed by atoms with Crippen LogP contribution in [0, 0.1) is 6.92 Å². The number of hydrogen-bond acceptors (Lipinski definition) is 3. The zero-order valence-electron chi connectivity index (χ0n) is 11.0. The molecule has 0 radical (unpaired) electrons. The highest BCUT2D eigenvalue weighted by Gasteiger charge is 2.29. The number of sulfonamides is 1. The van der Waals surface area contributed by atoms with Crippen molar-refractivity contribution < 1.29 is 8.42 Å². The van der Waals surface area contributed by atoms with Gasteiger partial charge in [-0.15, -0.1) is 4.41 Å². The number of hydrogen-bond donors (Lipinski definition) is 1. The molecule has 1 rings (SSSR count). The molecular weight excluding hydrogens is 236 g/mol. The van der Waals surface area contributed by atoms with Gasteiger partial charge >= 0.3 is 0 Å². The summed E-state index contributed by atoms with van der Waals surface area (Å²) in [7, 11) is -3.31. The molecule has 0 heterocycles. The van der Waals surface area contributed by atoms with Crippen molar-refractivity contribution in [3.63, 3.8) is 0 Å². The fraction of sp³-hybridized carbons (Fsp3) is 0.500. The van der Waals surface area contributed by atoms with Crippen LogP contribution in [0.1, 0.15) is 26.3 Å². The molecule has 1 aromatic rings. The van der Waals surface area contributed by atoms with Gasteiger partial charge < -0.3 is 5.43 Å². The lowest BCUT2D eigenvalue weighted by molar-refractivity contribution is 0.290. The number of hydrazine groups is 1. The third-order valence-corrected chi connectivity index (χ3v) is 3.53. The Morgan fingerprint density at radius 3 is 1.94 bits per heavy atom. The van der Waals surface area contributed by atoms with Crippen LogP contribution in [0.3, 0.4) is 0 Å². The van der Waals surface area contributed by atoms with Crippen molar-refractivity contribution in [2.75, 3.05) is 11.7 Å². The third kappa shape index (κ3) is 4.02. The number of nitrogens with one attached hydrogen (secondary N) is 1. The monoisotopic (exact) mass is 256 g/mol. The Morgan fingerprint density at radius 1 is 1.12 bits per heavy atom. The maximum atomic E-state index is 11.7. The van der Waals surface area contributed by atoms with Gasteiger partial charge in [-0.05, 0) is 39.8 Å². The molecule has 0 spiro atoms. The predicted octanol–water partition coefficient (Wildman–Crippen LogP) is 2.38. The lowest BCUT2D eigenvalue weighted by atomic mass is 10.1. The van der Waals surface area contributed by atoms with Crippen LogP contribution in [0.2, 0.25) is 0 Å². The molecule has 1 aromatic carbocycles. The highest BCUT2D eigenvalue weighted by Crippen LogP contribution is 2.19. The van der Waals surface area contributed by atoms with Crippen molar-refractivity contribution in [3.05, 3.63) is 29.8 Å². The van der Waals surface area contributed by atoms with Crippen molar-refractivity contribution in [2.24, 2.45) is 0 Å². The van der Waals surface area contributed by atoms with E-state index in [1.54, 1.807) is 0 Å². The van der Waals surface area contributed by atoms with Crippen molar-refractivity contribution in [3.8, 4) is 0 Å². The van der Waals surface area contributed by atoms with E-state index in [4.69, 9.17) is 0 Å². The second-order valence-electron chi connectivity index (χ2n) is 5.18. The van der Waals surface area contributed by atoms with Crippen LogP contribution in [0.4, 0.5) is 5.69 Å². The summed E-state index contributed by atoms with van der Waals surface area (Å²) >= 11 is 0. The number of benzene rings is 1. The molecule has 0 amide bonds. The summed E-state index contributed by atoms with van der Waals surface area (Å²) in [4.78, 5) is 0. The van der Waals surface area contributed by atoms with E-state index in [1.807, 2.05) is 52.0 Å². The Balaban J connectivity index is 3.00. The zero-order chi connectivity index (χ0) is 13.3. The summed E-state index contributed by atoms with van der Waals surface area (Å²) in [5.74, 6) is 0. The molecule has 0 atom stereocenters. The lowest BCUT2D eigenvalue weighted by Crippen LogP contribution is -2.48. The van der Waals surface area contributed by atoms with E-state index >= 15 is 0 Å². The SMILES string of the molecule is Cc1ccc(NN(C(C)(C)C)S(C)(=O)=O)cc1. The van der Waals surface area contributed by atoms with E-state index in [2.05, 4.69) is 5.43 Å². The summed E-state index contributed by atoms with van der Waals surface area (Å²) in [6.07, 6.45) is 1.19. The predicted molar refractivity (Wildman–Crippen MR) is 71.2 cm³/mol. The average molecular weight is 256 g/mol. The summed E-state index contributed by atoms with van der Waals surface area (Å²) in [5.41, 5.74) is 4.31. The summed E-state index contributed by atoms with van der Waals surface area (Å²) in [6.45, 7) is 7.52. The molecule has 0 aliphatic rings. The highest BCUT2D eigenvalue weighted by molar-refractivity contribution is 7.88. The van der Waals surface area contributed by atoms with Crippen LogP contribution in [-0.2, 0) is 10.0 Å². The smallest absolute Gasteiger partial charge is 0.228 e. The molecule has 0 saturated carbocycles. The van der Waals surface area contributed by atoms with Gasteiger partial charge in [0.15, 0.2) is 0 Å². The summed E-state index contributed by atoms with van der Waals surface area (Å²) in [6, 6.07) is 7.59. The number of nitrogens with zero attached hydrogens (tertiary/aromatic N) is 1. The lowest BCUT2D eigenvalue weighted by Gasteiger charge is -2.33. The van der Waals surface area contributed by atoms with Gasteiger partial charge in [0.25, 0.3) is 0 Å². The van der Waals surface area contributed by atoms with Crippen LogP contribution < -0.4 is 5.43 Å². The van der Waals surface area contributed by atoms with Gasteiger partial charge in [-0.25, -0.2) is 8.42 Å². The Bertz CT molecular complexity index is 472. The normalized spacial score (nSPS) is 12.8. The highest BCUT2D eigenvalue weighted by atomic mass is 32.2. The van der Waals surface area contributed by atoms with Crippen LogP contribution in [0.25, 0.3) is 0 Å². The van der Waals surface area contributed by atoms with E-state index in [-0.39, 0.29) is 0 Å². The van der Waals surface area contributed by atoms with Gasteiger partial charge in [0, 0.05) is 5.54 Å². The molecule has 0 aliphatic heterocycles. The van der Waals surface area contributed by atoms with E-state index < -0.39 is 15.6 Å². The van der Waals surface area contributed by atoms with Gasteiger partial charge in [0.2, 0.25) is 10.0 Å². The molecule has 1 N–H and O–H groups in total. The van der Waals surface area contributed by atoms with E-state index in [9.17, 15) is 8.42 Å². The van der Waals surface area contributed by atoms with Crippen LogP contribution in [-0.4, -0.2) is 24.6 Å². The van der Waals surface area contributed by atoms with Gasteiger partial charge in [-0.3, -0.25) is 0 Å². The molecule has 0 bridgehead atoms. The molecule has 0 aliphatic carbocycles. The van der Waals surface area contributed by atoms with Crippen molar-refractivity contribution >= 4 is 15.7 Å². The number of anilines is 1. The quantitative estimate of drug-likeness (QED) is 0.845. The first-order valence-electron chi connectivity index (χ1n) is 5.44. The summed E-state index contributed by atoms with van der Waals surface area (Å²) < 4.78 is 24.7. The molecule has 96 valence electrons. The first kappa shape index (κ1) is 14.0. The van der Waals surface area contributed by atoms with Crippen molar-refractivity contribution in [1.82, 2.24) is 4.41 Å². The van der Waals surface area contributed by atoms with Gasteiger partial charge in [-0.2, -0.15) is 0 Å².